The van der Waals surface area contributed by atoms with Gasteiger partial charge in [0, 0.05) is 13.0 Å². The summed E-state index contributed by atoms with van der Waals surface area (Å²) in [5.74, 6) is 1.21. The summed E-state index contributed by atoms with van der Waals surface area (Å²) >= 11 is 0. The molecule has 2 N–H and O–H groups in total. The van der Waals surface area contributed by atoms with Gasteiger partial charge < -0.3 is 5.73 Å². The van der Waals surface area contributed by atoms with E-state index in [4.69, 9.17) is 5.73 Å². The lowest BCUT2D eigenvalue weighted by Gasteiger charge is -2.13. The van der Waals surface area contributed by atoms with Gasteiger partial charge in [0.1, 0.15) is 0 Å². The Morgan fingerprint density at radius 2 is 1.86 bits per heavy atom. The standard InChI is InChI=1S/C10H18N4/c1-14-9(10(11)12-13-14)8-6-4-2-3-5-7-8/h8H,2-7,11H2,1H3. The number of nitrogens with two attached hydrogens (primary N) is 1. The largest absolute Gasteiger partial charge is 0.381 e. The van der Waals surface area contributed by atoms with Crippen molar-refractivity contribution >= 4 is 5.82 Å². The molecule has 0 bridgehead atoms. The van der Waals surface area contributed by atoms with E-state index < -0.39 is 0 Å². The Hall–Kier alpha value is -1.06. The Balaban J connectivity index is 2.19. The number of rotatable bonds is 1. The molecule has 0 aliphatic heterocycles. The van der Waals surface area contributed by atoms with Crippen molar-refractivity contribution in [2.24, 2.45) is 7.05 Å². The lowest BCUT2D eigenvalue weighted by molar-refractivity contribution is 0.539. The van der Waals surface area contributed by atoms with Crippen molar-refractivity contribution in [3.05, 3.63) is 5.69 Å². The average molecular weight is 194 g/mol. The number of anilines is 1. The highest BCUT2D eigenvalue weighted by Crippen LogP contribution is 2.33. The van der Waals surface area contributed by atoms with E-state index in [1.165, 1.54) is 38.5 Å². The van der Waals surface area contributed by atoms with E-state index in [0.29, 0.717) is 11.7 Å². The zero-order valence-corrected chi connectivity index (χ0v) is 8.74. The fraction of sp³-hybridized carbons (Fsp3) is 0.800. The zero-order chi connectivity index (χ0) is 9.97. The van der Waals surface area contributed by atoms with Crippen LogP contribution >= 0.6 is 0 Å². The van der Waals surface area contributed by atoms with Crippen molar-refractivity contribution in [1.29, 1.82) is 0 Å². The van der Waals surface area contributed by atoms with Crippen LogP contribution in [0.5, 0.6) is 0 Å². The lowest BCUT2D eigenvalue weighted by atomic mass is 9.96. The zero-order valence-electron chi connectivity index (χ0n) is 8.74. The third kappa shape index (κ3) is 1.74. The van der Waals surface area contributed by atoms with Gasteiger partial charge in [-0.1, -0.05) is 30.9 Å². The van der Waals surface area contributed by atoms with Crippen LogP contribution in [-0.2, 0) is 7.05 Å². The summed E-state index contributed by atoms with van der Waals surface area (Å²) in [7, 11) is 1.93. The van der Waals surface area contributed by atoms with Crippen LogP contribution in [0.3, 0.4) is 0 Å². The highest BCUT2D eigenvalue weighted by Gasteiger charge is 2.20. The number of nitrogen functional groups attached to an aromatic ring is 1. The lowest BCUT2D eigenvalue weighted by Crippen LogP contribution is -2.07. The maximum absolute atomic E-state index is 5.83. The van der Waals surface area contributed by atoms with Crippen molar-refractivity contribution in [2.45, 2.75) is 44.4 Å². The van der Waals surface area contributed by atoms with Gasteiger partial charge >= 0.3 is 0 Å². The predicted octanol–water partition coefficient (Wildman–Crippen LogP) is 1.84. The number of aromatic nitrogens is 3. The Bertz CT molecular complexity index is 278. The maximum Gasteiger partial charge on any atom is 0.169 e. The Morgan fingerprint density at radius 3 is 2.36 bits per heavy atom. The molecule has 78 valence electrons. The van der Waals surface area contributed by atoms with E-state index in [-0.39, 0.29) is 0 Å². The Labute approximate surface area is 84.5 Å². The summed E-state index contributed by atoms with van der Waals surface area (Å²) in [6, 6.07) is 0. The monoisotopic (exact) mass is 194 g/mol. The molecular weight excluding hydrogens is 176 g/mol. The molecule has 4 nitrogen and oxygen atoms in total. The van der Waals surface area contributed by atoms with Crippen LogP contribution in [-0.4, -0.2) is 15.0 Å². The van der Waals surface area contributed by atoms with Gasteiger partial charge in [-0.3, -0.25) is 0 Å². The van der Waals surface area contributed by atoms with Gasteiger partial charge in [0.25, 0.3) is 0 Å². The van der Waals surface area contributed by atoms with E-state index >= 15 is 0 Å². The molecule has 0 aromatic carbocycles. The van der Waals surface area contributed by atoms with Gasteiger partial charge in [-0.15, -0.1) is 5.10 Å². The molecule has 1 aliphatic carbocycles. The highest BCUT2D eigenvalue weighted by atomic mass is 15.4. The average Bonchev–Trinajstić information content (AvgIpc) is 2.45. The number of hydrogen-bond donors (Lipinski definition) is 1. The van der Waals surface area contributed by atoms with Gasteiger partial charge in [0.2, 0.25) is 0 Å². The van der Waals surface area contributed by atoms with E-state index in [0.717, 1.165) is 5.69 Å². The van der Waals surface area contributed by atoms with E-state index in [1.807, 2.05) is 11.7 Å². The van der Waals surface area contributed by atoms with Crippen molar-refractivity contribution in [3.8, 4) is 0 Å². The van der Waals surface area contributed by atoms with Crippen molar-refractivity contribution in [1.82, 2.24) is 15.0 Å². The van der Waals surface area contributed by atoms with Gasteiger partial charge in [0.15, 0.2) is 5.82 Å². The molecule has 1 aromatic rings. The van der Waals surface area contributed by atoms with Crippen molar-refractivity contribution in [3.63, 3.8) is 0 Å². The molecule has 2 rings (SSSR count). The minimum atomic E-state index is 0.581. The molecule has 0 saturated heterocycles. The number of hydrogen-bond acceptors (Lipinski definition) is 3. The molecule has 1 aromatic heterocycles. The minimum absolute atomic E-state index is 0.581. The molecule has 1 fully saturated rings. The molecule has 1 heterocycles. The summed E-state index contributed by atoms with van der Waals surface area (Å²) in [6.45, 7) is 0. The first-order valence-corrected chi connectivity index (χ1v) is 5.44. The Kier molecular flexibility index (Phi) is 2.70. The molecule has 1 saturated carbocycles. The van der Waals surface area contributed by atoms with Crippen LogP contribution in [0.2, 0.25) is 0 Å². The first-order valence-electron chi connectivity index (χ1n) is 5.44. The fourth-order valence-electron chi connectivity index (χ4n) is 2.41. The van der Waals surface area contributed by atoms with Crippen LogP contribution in [0.4, 0.5) is 5.82 Å². The van der Waals surface area contributed by atoms with Gasteiger partial charge in [-0.05, 0) is 12.8 Å². The SMILES string of the molecule is Cn1nnc(N)c1C1CCCCCC1. The van der Waals surface area contributed by atoms with Crippen LogP contribution in [0, 0.1) is 0 Å². The Morgan fingerprint density at radius 1 is 1.21 bits per heavy atom. The van der Waals surface area contributed by atoms with Gasteiger partial charge in [-0.25, -0.2) is 4.68 Å². The van der Waals surface area contributed by atoms with Crippen molar-refractivity contribution < 1.29 is 0 Å². The first kappa shape index (κ1) is 9.49. The summed E-state index contributed by atoms with van der Waals surface area (Å²) in [5.41, 5.74) is 6.97. The topological polar surface area (TPSA) is 56.7 Å². The first-order chi connectivity index (χ1) is 6.79. The van der Waals surface area contributed by atoms with Crippen LogP contribution in [0.1, 0.15) is 50.1 Å². The van der Waals surface area contributed by atoms with Crippen molar-refractivity contribution in [2.75, 3.05) is 5.73 Å². The second kappa shape index (κ2) is 3.98. The van der Waals surface area contributed by atoms with Crippen LogP contribution in [0.15, 0.2) is 0 Å². The number of aryl methyl sites for hydroxylation is 1. The molecule has 14 heavy (non-hydrogen) atoms. The van der Waals surface area contributed by atoms with Gasteiger partial charge in [0.05, 0.1) is 5.69 Å². The van der Waals surface area contributed by atoms with E-state index in [2.05, 4.69) is 10.3 Å². The second-order valence-corrected chi connectivity index (χ2v) is 4.17. The quantitative estimate of drug-likeness (QED) is 0.694. The smallest absolute Gasteiger partial charge is 0.169 e. The third-order valence-corrected chi connectivity index (χ3v) is 3.14. The molecule has 4 heteroatoms. The van der Waals surface area contributed by atoms with E-state index in [9.17, 15) is 0 Å². The summed E-state index contributed by atoms with van der Waals surface area (Å²) in [5, 5.41) is 7.88. The van der Waals surface area contributed by atoms with Crippen LogP contribution < -0.4 is 5.73 Å². The molecule has 0 spiro atoms. The molecule has 0 radical (unpaired) electrons. The molecule has 0 amide bonds. The van der Waals surface area contributed by atoms with Crippen LogP contribution in [0.25, 0.3) is 0 Å². The molecule has 0 unspecified atom stereocenters. The molecule has 0 atom stereocenters. The molecular formula is C10H18N4. The normalized spacial score (nSPS) is 19.5. The summed E-state index contributed by atoms with van der Waals surface area (Å²) < 4.78 is 1.84. The van der Waals surface area contributed by atoms with Gasteiger partial charge in [-0.2, -0.15) is 0 Å². The fourth-order valence-corrected chi connectivity index (χ4v) is 2.41. The minimum Gasteiger partial charge on any atom is -0.381 e. The maximum atomic E-state index is 5.83. The number of nitrogens with zero attached hydrogens (tertiary/aromatic N) is 3. The highest BCUT2D eigenvalue weighted by molar-refractivity contribution is 5.35. The molecule has 1 aliphatic rings. The summed E-state index contributed by atoms with van der Waals surface area (Å²) in [4.78, 5) is 0. The third-order valence-electron chi connectivity index (χ3n) is 3.14. The predicted molar refractivity (Wildman–Crippen MR) is 55.9 cm³/mol. The summed E-state index contributed by atoms with van der Waals surface area (Å²) in [6.07, 6.45) is 7.84. The van der Waals surface area contributed by atoms with E-state index in [1.54, 1.807) is 0 Å². The second-order valence-electron chi connectivity index (χ2n) is 4.17.